The van der Waals surface area contributed by atoms with Crippen molar-refractivity contribution in [3.05, 3.63) is 24.5 Å². The summed E-state index contributed by atoms with van der Waals surface area (Å²) in [6, 6.07) is 5.62. The van der Waals surface area contributed by atoms with Crippen LogP contribution in [-0.4, -0.2) is 35.9 Å². The Morgan fingerprint density at radius 1 is 1.20 bits per heavy atom. The van der Waals surface area contributed by atoms with E-state index in [0.717, 1.165) is 16.7 Å². The van der Waals surface area contributed by atoms with Crippen LogP contribution >= 0.6 is 0 Å². The van der Waals surface area contributed by atoms with E-state index in [4.69, 9.17) is 5.73 Å². The first-order chi connectivity index (χ1) is 9.53. The van der Waals surface area contributed by atoms with Crippen LogP contribution in [0.3, 0.4) is 0 Å². The summed E-state index contributed by atoms with van der Waals surface area (Å²) in [5.41, 5.74) is 7.18. The largest absolute Gasteiger partial charge is 0.399 e. The van der Waals surface area contributed by atoms with Gasteiger partial charge in [-0.1, -0.05) is 0 Å². The van der Waals surface area contributed by atoms with E-state index in [1.54, 1.807) is 6.07 Å². The first-order valence-corrected chi connectivity index (χ1v) is 8.33. The number of nitrogens with one attached hydrogen (secondary N) is 1. The van der Waals surface area contributed by atoms with E-state index < -0.39 is 9.84 Å². The number of nitrogen functional groups attached to an aromatic ring is 1. The van der Waals surface area contributed by atoms with E-state index in [0.29, 0.717) is 18.5 Å². The van der Waals surface area contributed by atoms with Crippen LogP contribution in [0.25, 0.3) is 10.9 Å². The maximum Gasteiger partial charge on any atom is 0.150 e. The van der Waals surface area contributed by atoms with E-state index in [1.807, 2.05) is 12.1 Å². The Balaban J connectivity index is 1.85. The minimum atomic E-state index is -2.85. The zero-order valence-electron chi connectivity index (χ0n) is 10.9. The normalized spacial score (nSPS) is 19.0. The van der Waals surface area contributed by atoms with Gasteiger partial charge in [-0.15, -0.1) is 0 Å². The number of benzene rings is 1. The molecule has 0 atom stereocenters. The topological polar surface area (TPSA) is 98.0 Å². The van der Waals surface area contributed by atoms with Crippen LogP contribution in [0.2, 0.25) is 0 Å². The van der Waals surface area contributed by atoms with Crippen LogP contribution < -0.4 is 11.1 Å². The molecule has 1 aliphatic heterocycles. The summed E-state index contributed by atoms with van der Waals surface area (Å²) in [6.45, 7) is 0. The van der Waals surface area contributed by atoms with Gasteiger partial charge in [0.15, 0.2) is 0 Å². The van der Waals surface area contributed by atoms with Crippen LogP contribution in [-0.2, 0) is 9.84 Å². The lowest BCUT2D eigenvalue weighted by Crippen LogP contribution is -2.32. The van der Waals surface area contributed by atoms with Crippen molar-refractivity contribution in [3.63, 3.8) is 0 Å². The zero-order valence-corrected chi connectivity index (χ0v) is 11.7. The molecule has 106 valence electrons. The molecule has 6 nitrogen and oxygen atoms in total. The SMILES string of the molecule is Nc1ccc2c(NC3CCS(=O)(=O)CC3)ncnc2c1. The molecule has 3 N–H and O–H groups in total. The summed E-state index contributed by atoms with van der Waals surface area (Å²) >= 11 is 0. The molecule has 0 aliphatic carbocycles. The second kappa shape index (κ2) is 4.90. The van der Waals surface area contributed by atoms with Crippen molar-refractivity contribution in [1.29, 1.82) is 0 Å². The molecule has 0 unspecified atom stereocenters. The number of fused-ring (bicyclic) bond motifs is 1. The van der Waals surface area contributed by atoms with Crippen molar-refractivity contribution in [1.82, 2.24) is 9.97 Å². The maximum atomic E-state index is 11.4. The third-order valence-electron chi connectivity index (χ3n) is 3.56. The summed E-state index contributed by atoms with van der Waals surface area (Å²) in [6.07, 6.45) is 2.72. The molecule has 2 heterocycles. The molecule has 2 aromatic rings. The quantitative estimate of drug-likeness (QED) is 0.807. The lowest BCUT2D eigenvalue weighted by atomic mass is 10.1. The molecule has 1 aromatic carbocycles. The molecule has 7 heteroatoms. The minimum absolute atomic E-state index is 0.133. The van der Waals surface area contributed by atoms with Crippen molar-refractivity contribution < 1.29 is 8.42 Å². The first-order valence-electron chi connectivity index (χ1n) is 6.51. The Morgan fingerprint density at radius 2 is 1.95 bits per heavy atom. The Morgan fingerprint density at radius 3 is 2.70 bits per heavy atom. The summed E-state index contributed by atoms with van der Waals surface area (Å²) in [5, 5.41) is 4.22. The van der Waals surface area contributed by atoms with Crippen molar-refractivity contribution >= 4 is 32.2 Å². The van der Waals surface area contributed by atoms with E-state index in [2.05, 4.69) is 15.3 Å². The molecular weight excluding hydrogens is 276 g/mol. The van der Waals surface area contributed by atoms with Gasteiger partial charge in [0.1, 0.15) is 22.0 Å². The molecule has 1 saturated heterocycles. The fraction of sp³-hybridized carbons (Fsp3) is 0.385. The first kappa shape index (κ1) is 13.1. The Labute approximate surface area is 117 Å². The van der Waals surface area contributed by atoms with Crippen molar-refractivity contribution in [2.75, 3.05) is 22.6 Å². The number of hydrogen-bond donors (Lipinski definition) is 2. The predicted molar refractivity (Wildman–Crippen MR) is 79.2 cm³/mol. The van der Waals surface area contributed by atoms with Gasteiger partial charge in [0, 0.05) is 17.1 Å². The second-order valence-corrected chi connectivity index (χ2v) is 7.37. The highest BCUT2D eigenvalue weighted by Crippen LogP contribution is 2.24. The molecule has 1 fully saturated rings. The molecule has 0 spiro atoms. The van der Waals surface area contributed by atoms with Gasteiger partial charge < -0.3 is 11.1 Å². The zero-order chi connectivity index (χ0) is 14.2. The number of nitrogens with zero attached hydrogens (tertiary/aromatic N) is 2. The number of aromatic nitrogens is 2. The van der Waals surface area contributed by atoms with Crippen molar-refractivity contribution in [2.24, 2.45) is 0 Å². The molecule has 20 heavy (non-hydrogen) atoms. The summed E-state index contributed by atoms with van der Waals surface area (Å²) in [5.74, 6) is 1.21. The van der Waals surface area contributed by atoms with Crippen LogP contribution in [0.4, 0.5) is 11.5 Å². The van der Waals surface area contributed by atoms with Crippen molar-refractivity contribution in [3.8, 4) is 0 Å². The molecule has 0 bridgehead atoms. The van der Waals surface area contributed by atoms with Gasteiger partial charge in [-0.05, 0) is 31.0 Å². The van der Waals surface area contributed by atoms with E-state index in [9.17, 15) is 8.42 Å². The number of nitrogens with two attached hydrogens (primary N) is 1. The van der Waals surface area contributed by atoms with Gasteiger partial charge in [-0.2, -0.15) is 0 Å². The summed E-state index contributed by atoms with van der Waals surface area (Å²) in [7, 11) is -2.85. The van der Waals surface area contributed by atoms with Crippen LogP contribution in [0.15, 0.2) is 24.5 Å². The van der Waals surface area contributed by atoms with E-state index >= 15 is 0 Å². The highest BCUT2D eigenvalue weighted by atomic mass is 32.2. The molecule has 1 aliphatic rings. The monoisotopic (exact) mass is 292 g/mol. The highest BCUT2D eigenvalue weighted by molar-refractivity contribution is 7.91. The number of sulfone groups is 1. The van der Waals surface area contributed by atoms with E-state index in [-0.39, 0.29) is 17.5 Å². The van der Waals surface area contributed by atoms with Crippen LogP contribution in [0.1, 0.15) is 12.8 Å². The van der Waals surface area contributed by atoms with E-state index in [1.165, 1.54) is 6.33 Å². The highest BCUT2D eigenvalue weighted by Gasteiger charge is 2.24. The van der Waals surface area contributed by atoms with Gasteiger partial charge in [0.2, 0.25) is 0 Å². The third kappa shape index (κ3) is 2.67. The predicted octanol–water partition coefficient (Wildman–Crippen LogP) is 1.20. The number of hydrogen-bond acceptors (Lipinski definition) is 6. The minimum Gasteiger partial charge on any atom is -0.399 e. The maximum absolute atomic E-state index is 11.4. The molecule has 0 saturated carbocycles. The van der Waals surface area contributed by atoms with Crippen LogP contribution in [0, 0.1) is 0 Å². The molecule has 0 radical (unpaired) electrons. The molecule has 1 aromatic heterocycles. The molecular formula is C13H16N4O2S. The average molecular weight is 292 g/mol. The lowest BCUT2D eigenvalue weighted by molar-refractivity contribution is 0.559. The molecule has 0 amide bonds. The summed E-state index contributed by atoms with van der Waals surface area (Å²) in [4.78, 5) is 8.45. The van der Waals surface area contributed by atoms with Gasteiger partial charge >= 0.3 is 0 Å². The third-order valence-corrected chi connectivity index (χ3v) is 5.27. The van der Waals surface area contributed by atoms with Gasteiger partial charge in [-0.3, -0.25) is 0 Å². The van der Waals surface area contributed by atoms with Gasteiger partial charge in [-0.25, -0.2) is 18.4 Å². The number of rotatable bonds is 2. The second-order valence-electron chi connectivity index (χ2n) is 5.07. The Hall–Kier alpha value is -1.89. The van der Waals surface area contributed by atoms with Crippen LogP contribution in [0.5, 0.6) is 0 Å². The van der Waals surface area contributed by atoms with Crippen molar-refractivity contribution in [2.45, 2.75) is 18.9 Å². The fourth-order valence-electron chi connectivity index (χ4n) is 2.42. The summed E-state index contributed by atoms with van der Waals surface area (Å²) < 4.78 is 22.9. The number of anilines is 2. The lowest BCUT2D eigenvalue weighted by Gasteiger charge is -2.24. The Kier molecular flexibility index (Phi) is 3.21. The van der Waals surface area contributed by atoms with Gasteiger partial charge in [0.25, 0.3) is 0 Å². The average Bonchev–Trinajstić information content (AvgIpc) is 2.41. The van der Waals surface area contributed by atoms with Gasteiger partial charge in [0.05, 0.1) is 17.0 Å². The Bertz CT molecular complexity index is 731. The fourth-order valence-corrected chi connectivity index (χ4v) is 3.91. The standard InChI is InChI=1S/C13H16N4O2S/c14-9-1-2-11-12(7-9)15-8-16-13(11)17-10-3-5-20(18,19)6-4-10/h1-2,7-8,10H,3-6,14H2,(H,15,16,17). The smallest absolute Gasteiger partial charge is 0.150 e. The molecule has 3 rings (SSSR count).